The van der Waals surface area contributed by atoms with Crippen molar-refractivity contribution in [3.8, 4) is 0 Å². The first-order valence-corrected chi connectivity index (χ1v) is 18.1. The van der Waals surface area contributed by atoms with E-state index in [4.69, 9.17) is 0 Å². The Kier molecular flexibility index (Phi) is 12.7. The molecule has 2 atom stereocenters. The fourth-order valence-electron chi connectivity index (χ4n) is 6.42. The zero-order chi connectivity index (χ0) is 34.2. The minimum Gasteiger partial charge on any atom is -0.349 e. The van der Waals surface area contributed by atoms with Gasteiger partial charge in [0.25, 0.3) is 0 Å². The molecule has 10 heteroatoms. The summed E-state index contributed by atoms with van der Waals surface area (Å²) < 4.78 is 68.9. The van der Waals surface area contributed by atoms with E-state index in [0.717, 1.165) is 75.5 Å². The lowest BCUT2D eigenvalue weighted by Crippen LogP contribution is -2.36. The number of hydrogen-bond donors (Lipinski definition) is 2. The summed E-state index contributed by atoms with van der Waals surface area (Å²) in [6.07, 6.45) is -0.215. The van der Waals surface area contributed by atoms with Crippen LogP contribution in [-0.4, -0.2) is 38.9 Å². The van der Waals surface area contributed by atoms with Crippen LogP contribution in [-0.2, 0) is 33.8 Å². The highest BCUT2D eigenvalue weighted by atomic mass is 32.2. The molecule has 0 bridgehead atoms. The predicted molar refractivity (Wildman–Crippen MR) is 180 cm³/mol. The van der Waals surface area contributed by atoms with Crippen LogP contribution in [0.5, 0.6) is 0 Å². The van der Waals surface area contributed by atoms with Crippen LogP contribution in [0.4, 0.5) is 13.2 Å². The van der Waals surface area contributed by atoms with E-state index in [1.165, 1.54) is 11.1 Å². The van der Waals surface area contributed by atoms with Crippen molar-refractivity contribution < 1.29 is 26.4 Å². The highest BCUT2D eigenvalue weighted by Crippen LogP contribution is 2.33. The van der Waals surface area contributed by atoms with Crippen molar-refractivity contribution >= 4 is 15.9 Å². The number of aryl methyl sites for hydroxylation is 2. The monoisotopic (exact) mass is 671 g/mol. The number of amides is 1. The molecule has 0 aromatic heterocycles. The Labute approximate surface area is 278 Å². The molecule has 0 fully saturated rings. The van der Waals surface area contributed by atoms with Crippen LogP contribution in [0.2, 0.25) is 0 Å². The molecular formula is C37H48F3N3O3S. The van der Waals surface area contributed by atoms with E-state index in [9.17, 15) is 26.4 Å². The molecular weight excluding hydrogens is 623 g/mol. The molecule has 0 saturated carbocycles. The van der Waals surface area contributed by atoms with Crippen LogP contribution in [0, 0.1) is 11.8 Å². The molecule has 2 N–H and O–H groups in total. The molecule has 1 aliphatic carbocycles. The van der Waals surface area contributed by atoms with Crippen molar-refractivity contribution in [1.29, 1.82) is 0 Å². The number of carbonyl (C=O) groups excluding carboxylic acids is 1. The molecule has 0 heterocycles. The summed E-state index contributed by atoms with van der Waals surface area (Å²) in [5, 5.41) is 3.11. The van der Waals surface area contributed by atoms with Gasteiger partial charge < -0.3 is 10.2 Å². The van der Waals surface area contributed by atoms with Gasteiger partial charge in [-0.1, -0.05) is 82.3 Å². The normalized spacial score (nSPS) is 16.0. The standard InChI is InChI=1S/C37H48F3N3O3S/c1-26(2)24-43(25-27(3)4)20-10-11-28-18-19-33-30(21-28)14-8-17-34(33)41-36(44)23-35(29-12-6-5-7-13-29)42-47(45,46)32-16-9-15-31(22-32)37(38,39)40/h5-7,9,12-13,15-16,18-19,21-22,26-27,34-35,42H,8,10-11,14,17,20,23-25H2,1-4H3,(H,41,44)/t34?,35-/m1/s1. The predicted octanol–water partition coefficient (Wildman–Crippen LogP) is 7.86. The Morgan fingerprint density at radius 1 is 0.936 bits per heavy atom. The van der Waals surface area contributed by atoms with Gasteiger partial charge in [-0.25, -0.2) is 13.1 Å². The molecule has 0 radical (unpaired) electrons. The zero-order valence-corrected chi connectivity index (χ0v) is 28.6. The highest BCUT2D eigenvalue weighted by Gasteiger charge is 2.33. The second-order valence-corrected chi connectivity index (χ2v) is 15.2. The first kappa shape index (κ1) is 36.6. The maximum atomic E-state index is 13.4. The zero-order valence-electron chi connectivity index (χ0n) is 27.8. The van der Waals surface area contributed by atoms with Crippen LogP contribution >= 0.6 is 0 Å². The van der Waals surface area contributed by atoms with Crippen LogP contribution in [0.3, 0.4) is 0 Å². The summed E-state index contributed by atoms with van der Waals surface area (Å²) >= 11 is 0. The second-order valence-electron chi connectivity index (χ2n) is 13.5. The van der Waals surface area contributed by atoms with Gasteiger partial charge in [0, 0.05) is 19.5 Å². The van der Waals surface area contributed by atoms with Gasteiger partial charge in [-0.05, 0) is 90.9 Å². The maximum absolute atomic E-state index is 13.4. The lowest BCUT2D eigenvalue weighted by molar-refractivity contribution is -0.137. The Hall–Kier alpha value is -3.21. The van der Waals surface area contributed by atoms with Gasteiger partial charge in [0.05, 0.1) is 22.5 Å². The van der Waals surface area contributed by atoms with Crippen molar-refractivity contribution in [3.63, 3.8) is 0 Å². The van der Waals surface area contributed by atoms with Crippen LogP contribution < -0.4 is 10.0 Å². The SMILES string of the molecule is CC(C)CN(CCCc1ccc2c(c1)CCCC2NC(=O)C[C@@H](NS(=O)(=O)c1cccc(C(F)(F)F)c1)c1ccccc1)CC(C)C. The summed E-state index contributed by atoms with van der Waals surface area (Å²) in [4.78, 5) is 15.5. The first-order chi connectivity index (χ1) is 22.2. The number of sulfonamides is 1. The van der Waals surface area contributed by atoms with Crippen molar-refractivity contribution in [3.05, 3.63) is 101 Å². The summed E-state index contributed by atoms with van der Waals surface area (Å²) in [5.41, 5.74) is 3.07. The number of fused-ring (bicyclic) bond motifs is 1. The number of carbonyl (C=O) groups is 1. The molecule has 0 aliphatic heterocycles. The number of nitrogens with zero attached hydrogens (tertiary/aromatic N) is 1. The van der Waals surface area contributed by atoms with Gasteiger partial charge in [0.1, 0.15) is 0 Å². The Morgan fingerprint density at radius 2 is 1.64 bits per heavy atom. The van der Waals surface area contributed by atoms with E-state index < -0.39 is 32.7 Å². The lowest BCUT2D eigenvalue weighted by atomic mass is 9.86. The maximum Gasteiger partial charge on any atom is 0.416 e. The summed E-state index contributed by atoms with van der Waals surface area (Å²) in [7, 11) is -4.38. The Bertz CT molecular complexity index is 1570. The van der Waals surface area contributed by atoms with Crippen molar-refractivity contribution in [2.45, 2.75) is 89.4 Å². The van der Waals surface area contributed by atoms with Gasteiger partial charge >= 0.3 is 6.18 Å². The Morgan fingerprint density at radius 3 is 2.30 bits per heavy atom. The molecule has 256 valence electrons. The summed E-state index contributed by atoms with van der Waals surface area (Å²) in [6, 6.07) is 17.5. The van der Waals surface area contributed by atoms with Gasteiger partial charge in [0.15, 0.2) is 0 Å². The minimum absolute atomic E-state index is 0.204. The molecule has 1 aliphatic rings. The molecule has 0 saturated heterocycles. The fraction of sp³-hybridized carbons (Fsp3) is 0.486. The van der Waals surface area contributed by atoms with E-state index in [1.54, 1.807) is 30.3 Å². The minimum atomic E-state index is -4.69. The van der Waals surface area contributed by atoms with Crippen LogP contribution in [0.15, 0.2) is 77.7 Å². The number of benzene rings is 3. The third-order valence-electron chi connectivity index (χ3n) is 8.40. The van der Waals surface area contributed by atoms with E-state index in [-0.39, 0.29) is 18.4 Å². The molecule has 3 aromatic rings. The van der Waals surface area contributed by atoms with Crippen molar-refractivity contribution in [2.75, 3.05) is 19.6 Å². The molecule has 3 aromatic carbocycles. The summed E-state index contributed by atoms with van der Waals surface area (Å²) in [5.74, 6) is 0.911. The molecule has 0 spiro atoms. The number of hydrogen-bond acceptors (Lipinski definition) is 4. The number of halogens is 3. The van der Waals surface area contributed by atoms with E-state index in [1.807, 2.05) is 0 Å². The molecule has 47 heavy (non-hydrogen) atoms. The number of rotatable bonds is 15. The third kappa shape index (κ3) is 10.9. The number of nitrogens with one attached hydrogen (secondary N) is 2. The molecule has 1 amide bonds. The van der Waals surface area contributed by atoms with Gasteiger partial charge in [-0.2, -0.15) is 13.2 Å². The molecule has 6 nitrogen and oxygen atoms in total. The smallest absolute Gasteiger partial charge is 0.349 e. The van der Waals surface area contributed by atoms with Crippen molar-refractivity contribution in [1.82, 2.24) is 14.9 Å². The van der Waals surface area contributed by atoms with Crippen molar-refractivity contribution in [2.24, 2.45) is 11.8 Å². The van der Waals surface area contributed by atoms with E-state index in [2.05, 4.69) is 60.8 Å². The Balaban J connectivity index is 1.43. The molecule has 1 unspecified atom stereocenters. The topological polar surface area (TPSA) is 78.5 Å². The quantitative estimate of drug-likeness (QED) is 0.173. The highest BCUT2D eigenvalue weighted by molar-refractivity contribution is 7.89. The second kappa shape index (κ2) is 16.3. The van der Waals surface area contributed by atoms with E-state index >= 15 is 0 Å². The average molecular weight is 672 g/mol. The lowest BCUT2D eigenvalue weighted by Gasteiger charge is -2.28. The van der Waals surface area contributed by atoms with Gasteiger partial charge in [0.2, 0.25) is 15.9 Å². The third-order valence-corrected chi connectivity index (χ3v) is 9.87. The van der Waals surface area contributed by atoms with Gasteiger partial charge in [-0.15, -0.1) is 0 Å². The fourth-order valence-corrected chi connectivity index (χ4v) is 7.69. The molecule has 4 rings (SSSR count). The van der Waals surface area contributed by atoms with Crippen LogP contribution in [0.1, 0.15) is 93.3 Å². The summed E-state index contributed by atoms with van der Waals surface area (Å²) in [6.45, 7) is 12.3. The van der Waals surface area contributed by atoms with E-state index in [0.29, 0.717) is 23.5 Å². The van der Waals surface area contributed by atoms with Gasteiger partial charge in [-0.3, -0.25) is 4.79 Å². The number of alkyl halides is 3. The van der Waals surface area contributed by atoms with Crippen LogP contribution in [0.25, 0.3) is 0 Å². The largest absolute Gasteiger partial charge is 0.416 e. The first-order valence-electron chi connectivity index (χ1n) is 16.6. The average Bonchev–Trinajstić information content (AvgIpc) is 3.00.